The maximum Gasteiger partial charge on any atom is 0.142 e. The first-order chi connectivity index (χ1) is 8.09. The normalized spacial score (nSPS) is 24.9. The van der Waals surface area contributed by atoms with Crippen molar-refractivity contribution >= 4 is 11.6 Å². The van der Waals surface area contributed by atoms with Gasteiger partial charge >= 0.3 is 0 Å². The largest absolute Gasteiger partial charge is 0.369 e. The highest BCUT2D eigenvalue weighted by atomic mass is 35.5. The molecule has 0 amide bonds. The molecule has 0 saturated carbocycles. The lowest BCUT2D eigenvalue weighted by atomic mass is 9.96. The molecule has 94 valence electrons. The Morgan fingerprint density at radius 1 is 1.53 bits per heavy atom. The van der Waals surface area contributed by atoms with Crippen LogP contribution in [0.25, 0.3) is 0 Å². The van der Waals surface area contributed by atoms with Gasteiger partial charge in [-0.25, -0.2) is 4.39 Å². The second-order valence-electron chi connectivity index (χ2n) is 4.77. The third-order valence-electron chi connectivity index (χ3n) is 3.13. The van der Waals surface area contributed by atoms with Gasteiger partial charge in [0, 0.05) is 6.54 Å². The Bertz CT molecular complexity index is 391. The van der Waals surface area contributed by atoms with Crippen LogP contribution in [0.15, 0.2) is 18.2 Å². The van der Waals surface area contributed by atoms with Gasteiger partial charge in [0.15, 0.2) is 0 Å². The molecule has 1 aromatic carbocycles. The number of hydrogen-bond donors (Lipinski definition) is 1. The van der Waals surface area contributed by atoms with E-state index in [-0.39, 0.29) is 16.4 Å². The molecular formula is C13H17ClFNO. The molecule has 0 radical (unpaired) electrons. The van der Waals surface area contributed by atoms with Crippen molar-refractivity contribution in [3.8, 4) is 0 Å². The van der Waals surface area contributed by atoms with Crippen LogP contribution in [0.5, 0.6) is 0 Å². The van der Waals surface area contributed by atoms with E-state index in [0.29, 0.717) is 6.61 Å². The molecule has 0 spiro atoms. The molecule has 1 saturated heterocycles. The summed E-state index contributed by atoms with van der Waals surface area (Å²) >= 11 is 5.63. The highest BCUT2D eigenvalue weighted by Gasteiger charge is 2.27. The molecule has 1 aliphatic rings. The first-order valence-corrected chi connectivity index (χ1v) is 6.25. The fourth-order valence-electron chi connectivity index (χ4n) is 2.04. The van der Waals surface area contributed by atoms with E-state index < -0.39 is 0 Å². The Kier molecular flexibility index (Phi) is 4.02. The summed E-state index contributed by atoms with van der Waals surface area (Å²) < 4.78 is 19.1. The van der Waals surface area contributed by atoms with E-state index in [2.05, 4.69) is 12.2 Å². The van der Waals surface area contributed by atoms with E-state index in [9.17, 15) is 4.39 Å². The van der Waals surface area contributed by atoms with Gasteiger partial charge in [0.05, 0.1) is 17.2 Å². The lowest BCUT2D eigenvalue weighted by Gasteiger charge is -2.34. The van der Waals surface area contributed by atoms with Gasteiger partial charge in [-0.1, -0.05) is 17.7 Å². The zero-order chi connectivity index (χ0) is 12.3. The van der Waals surface area contributed by atoms with Crippen LogP contribution in [-0.4, -0.2) is 18.7 Å². The Hall–Kier alpha value is -0.640. The van der Waals surface area contributed by atoms with Gasteiger partial charge in [-0.15, -0.1) is 0 Å². The fraction of sp³-hybridized carbons (Fsp3) is 0.538. The number of benzene rings is 1. The van der Waals surface area contributed by atoms with Crippen molar-refractivity contribution in [3.05, 3.63) is 34.6 Å². The molecule has 0 aliphatic carbocycles. The Morgan fingerprint density at radius 2 is 2.35 bits per heavy atom. The average Bonchev–Trinajstić information content (AvgIpc) is 2.32. The summed E-state index contributed by atoms with van der Waals surface area (Å²) in [5.41, 5.74) is 0.674. The molecule has 0 aromatic heterocycles. The Morgan fingerprint density at radius 3 is 3.00 bits per heavy atom. The molecule has 2 rings (SSSR count). The van der Waals surface area contributed by atoms with Crippen molar-refractivity contribution in [2.45, 2.75) is 32.0 Å². The number of rotatable bonds is 3. The van der Waals surface area contributed by atoms with Crippen molar-refractivity contribution < 1.29 is 9.13 Å². The minimum Gasteiger partial charge on any atom is -0.369 e. The van der Waals surface area contributed by atoms with E-state index in [1.165, 1.54) is 6.07 Å². The molecule has 1 heterocycles. The summed E-state index contributed by atoms with van der Waals surface area (Å²) in [4.78, 5) is 0. The van der Waals surface area contributed by atoms with E-state index in [1.807, 2.05) is 0 Å². The SMILES string of the molecule is CC1(OCc2ccc(Cl)c(F)c2)CCCNC1. The zero-order valence-electron chi connectivity index (χ0n) is 9.93. The summed E-state index contributed by atoms with van der Waals surface area (Å²) in [6.07, 6.45) is 2.15. The van der Waals surface area contributed by atoms with Crippen LogP contribution in [0.1, 0.15) is 25.3 Å². The van der Waals surface area contributed by atoms with Crippen LogP contribution >= 0.6 is 11.6 Å². The fourth-order valence-corrected chi connectivity index (χ4v) is 2.16. The van der Waals surface area contributed by atoms with E-state index >= 15 is 0 Å². The first kappa shape index (κ1) is 12.8. The number of piperidine rings is 1. The second kappa shape index (κ2) is 5.34. The van der Waals surface area contributed by atoms with Crippen molar-refractivity contribution in [2.24, 2.45) is 0 Å². The third kappa shape index (κ3) is 3.41. The molecule has 0 bridgehead atoms. The van der Waals surface area contributed by atoms with Crippen molar-refractivity contribution in [1.82, 2.24) is 5.32 Å². The maximum absolute atomic E-state index is 13.2. The summed E-state index contributed by atoms with van der Waals surface area (Å²) in [6, 6.07) is 4.80. The van der Waals surface area contributed by atoms with Crippen LogP contribution in [-0.2, 0) is 11.3 Å². The van der Waals surface area contributed by atoms with Crippen molar-refractivity contribution in [1.29, 1.82) is 0 Å². The number of hydrogen-bond acceptors (Lipinski definition) is 2. The lowest BCUT2D eigenvalue weighted by molar-refractivity contribution is -0.0572. The molecule has 17 heavy (non-hydrogen) atoms. The predicted molar refractivity (Wildman–Crippen MR) is 66.7 cm³/mol. The van der Waals surface area contributed by atoms with Crippen molar-refractivity contribution in [2.75, 3.05) is 13.1 Å². The smallest absolute Gasteiger partial charge is 0.142 e. The van der Waals surface area contributed by atoms with Crippen LogP contribution < -0.4 is 5.32 Å². The van der Waals surface area contributed by atoms with Crippen LogP contribution in [0.4, 0.5) is 4.39 Å². The molecule has 1 fully saturated rings. The highest BCUT2D eigenvalue weighted by Crippen LogP contribution is 2.23. The number of nitrogens with one attached hydrogen (secondary N) is 1. The van der Waals surface area contributed by atoms with Gasteiger partial charge in [0.1, 0.15) is 5.82 Å². The monoisotopic (exact) mass is 257 g/mol. The van der Waals surface area contributed by atoms with Crippen LogP contribution in [0.3, 0.4) is 0 Å². The van der Waals surface area contributed by atoms with E-state index in [4.69, 9.17) is 16.3 Å². The van der Waals surface area contributed by atoms with Crippen LogP contribution in [0, 0.1) is 5.82 Å². The van der Waals surface area contributed by atoms with Gasteiger partial charge < -0.3 is 10.1 Å². The number of ether oxygens (including phenoxy) is 1. The lowest BCUT2D eigenvalue weighted by Crippen LogP contribution is -2.45. The molecule has 2 nitrogen and oxygen atoms in total. The third-order valence-corrected chi connectivity index (χ3v) is 3.44. The second-order valence-corrected chi connectivity index (χ2v) is 5.17. The van der Waals surface area contributed by atoms with Gasteiger partial charge in [0.2, 0.25) is 0 Å². The number of halogens is 2. The highest BCUT2D eigenvalue weighted by molar-refractivity contribution is 6.30. The van der Waals surface area contributed by atoms with Gasteiger partial charge in [-0.05, 0) is 44.0 Å². The molecule has 4 heteroatoms. The Balaban J connectivity index is 1.94. The maximum atomic E-state index is 13.2. The molecular weight excluding hydrogens is 241 g/mol. The van der Waals surface area contributed by atoms with Gasteiger partial charge in [0.25, 0.3) is 0 Å². The summed E-state index contributed by atoms with van der Waals surface area (Å²) in [5.74, 6) is -0.389. The standard InChI is InChI=1S/C13H17ClFNO/c1-13(5-2-6-16-9-13)17-8-10-3-4-11(14)12(15)7-10/h3-4,7,16H,2,5-6,8-9H2,1H3. The van der Waals surface area contributed by atoms with Gasteiger partial charge in [-0.2, -0.15) is 0 Å². The minimum absolute atomic E-state index is 0.144. The van der Waals surface area contributed by atoms with Gasteiger partial charge in [-0.3, -0.25) is 0 Å². The average molecular weight is 258 g/mol. The van der Waals surface area contributed by atoms with E-state index in [0.717, 1.165) is 31.5 Å². The predicted octanol–water partition coefficient (Wildman–Crippen LogP) is 3.14. The quantitative estimate of drug-likeness (QED) is 0.898. The topological polar surface area (TPSA) is 21.3 Å². The summed E-state index contributed by atoms with van der Waals surface area (Å²) in [7, 11) is 0. The summed E-state index contributed by atoms with van der Waals surface area (Å²) in [5, 5.41) is 3.46. The Labute approximate surface area is 106 Å². The van der Waals surface area contributed by atoms with E-state index in [1.54, 1.807) is 12.1 Å². The first-order valence-electron chi connectivity index (χ1n) is 5.88. The molecule has 1 atom stereocenters. The molecule has 1 unspecified atom stereocenters. The molecule has 1 aromatic rings. The van der Waals surface area contributed by atoms with Crippen molar-refractivity contribution in [3.63, 3.8) is 0 Å². The molecule has 1 N–H and O–H groups in total. The molecule has 1 aliphatic heterocycles. The van der Waals surface area contributed by atoms with Crippen LogP contribution in [0.2, 0.25) is 5.02 Å². The zero-order valence-corrected chi connectivity index (χ0v) is 10.7. The minimum atomic E-state index is -0.389. The summed E-state index contributed by atoms with van der Waals surface area (Å²) in [6.45, 7) is 4.41.